The molecule has 0 atom stereocenters. The number of rotatable bonds is 2. The fourth-order valence-electron chi connectivity index (χ4n) is 4.98. The summed E-state index contributed by atoms with van der Waals surface area (Å²) >= 11 is 0. The third-order valence-electron chi connectivity index (χ3n) is 6.99. The Hall–Kier alpha value is -3.80. The number of nitrogens with one attached hydrogen (secondary N) is 1. The van der Waals surface area contributed by atoms with Gasteiger partial charge in [0.25, 0.3) is 5.56 Å². The third kappa shape index (κ3) is 3.42. The predicted molar refractivity (Wildman–Crippen MR) is 133 cm³/mol. The lowest BCUT2D eigenvalue weighted by Gasteiger charge is -2.23. The van der Waals surface area contributed by atoms with Crippen molar-refractivity contribution in [2.24, 2.45) is 7.05 Å². The second kappa shape index (κ2) is 7.66. The topological polar surface area (TPSA) is 78.3 Å². The number of aryl methyl sites for hydroxylation is 2. The summed E-state index contributed by atoms with van der Waals surface area (Å²) in [7, 11) is 1.80. The summed E-state index contributed by atoms with van der Waals surface area (Å²) in [5, 5.41) is 11.6. The van der Waals surface area contributed by atoms with Crippen molar-refractivity contribution in [2.75, 3.05) is 13.1 Å². The minimum atomic E-state index is -0.868. The summed E-state index contributed by atoms with van der Waals surface area (Å²) in [6.45, 7) is 6.96. The van der Waals surface area contributed by atoms with Crippen molar-refractivity contribution in [3.63, 3.8) is 0 Å². The van der Waals surface area contributed by atoms with Gasteiger partial charge in [0, 0.05) is 59.3 Å². The minimum absolute atomic E-state index is 0.0377. The lowest BCUT2D eigenvalue weighted by Crippen LogP contribution is -2.33. The molecule has 1 aliphatic rings. The van der Waals surface area contributed by atoms with Gasteiger partial charge in [-0.05, 0) is 73.2 Å². The van der Waals surface area contributed by atoms with E-state index in [-0.39, 0.29) is 5.56 Å². The van der Waals surface area contributed by atoms with Crippen LogP contribution in [0.2, 0.25) is 0 Å². The number of hydrogen-bond donors (Lipinski definition) is 2. The molecule has 33 heavy (non-hydrogen) atoms. The Morgan fingerprint density at radius 2 is 1.82 bits per heavy atom. The summed E-state index contributed by atoms with van der Waals surface area (Å²) in [5.41, 5.74) is 9.62. The third-order valence-corrected chi connectivity index (χ3v) is 6.99. The van der Waals surface area contributed by atoms with Gasteiger partial charge in [0.1, 0.15) is 0 Å². The van der Waals surface area contributed by atoms with Crippen molar-refractivity contribution in [1.29, 1.82) is 0 Å². The Kier molecular flexibility index (Phi) is 4.89. The van der Waals surface area contributed by atoms with Crippen molar-refractivity contribution < 1.29 is 9.90 Å². The molecule has 6 nitrogen and oxygen atoms in total. The van der Waals surface area contributed by atoms with E-state index in [0.717, 1.165) is 38.9 Å². The van der Waals surface area contributed by atoms with Crippen molar-refractivity contribution in [2.45, 2.75) is 27.2 Å². The van der Waals surface area contributed by atoms with Crippen LogP contribution in [0.5, 0.6) is 0 Å². The summed E-state index contributed by atoms with van der Waals surface area (Å²) in [4.78, 5) is 28.5. The average molecular weight is 442 g/mol. The Bertz CT molecular complexity index is 1540. The number of carbonyl (C=O) groups is 1. The number of pyridine rings is 1. The lowest BCUT2D eigenvalue weighted by atomic mass is 9.94. The molecule has 0 fully saturated rings. The van der Waals surface area contributed by atoms with Gasteiger partial charge in [-0.3, -0.25) is 4.79 Å². The quantitative estimate of drug-likeness (QED) is 0.438. The first-order chi connectivity index (χ1) is 15.7. The van der Waals surface area contributed by atoms with Gasteiger partial charge in [0.15, 0.2) is 0 Å². The molecule has 2 aromatic heterocycles. The van der Waals surface area contributed by atoms with Crippen LogP contribution in [-0.4, -0.2) is 38.7 Å². The van der Waals surface area contributed by atoms with Crippen LogP contribution in [0.4, 0.5) is 4.79 Å². The molecule has 0 bridgehead atoms. The van der Waals surface area contributed by atoms with E-state index in [4.69, 9.17) is 0 Å². The van der Waals surface area contributed by atoms with Crippen LogP contribution in [0.3, 0.4) is 0 Å². The van der Waals surface area contributed by atoms with Crippen LogP contribution in [0, 0.1) is 20.8 Å². The molecule has 0 saturated heterocycles. The molecule has 2 aromatic carbocycles. The molecule has 0 unspecified atom stereocenters. The number of carboxylic acid groups (broad SMARTS) is 1. The number of H-pyrrole nitrogens is 1. The molecule has 5 rings (SSSR count). The first kappa shape index (κ1) is 21.1. The van der Waals surface area contributed by atoms with E-state index in [9.17, 15) is 14.7 Å². The maximum Gasteiger partial charge on any atom is 0.407 e. The highest BCUT2D eigenvalue weighted by atomic mass is 16.4. The van der Waals surface area contributed by atoms with E-state index >= 15 is 0 Å². The maximum atomic E-state index is 12.3. The smallest absolute Gasteiger partial charge is 0.407 e. The van der Waals surface area contributed by atoms with Gasteiger partial charge in [-0.2, -0.15) is 0 Å². The van der Waals surface area contributed by atoms with E-state index in [1.165, 1.54) is 26.8 Å². The monoisotopic (exact) mass is 441 g/mol. The van der Waals surface area contributed by atoms with E-state index in [1.807, 2.05) is 26.1 Å². The van der Waals surface area contributed by atoms with Crippen LogP contribution in [0.15, 0.2) is 47.4 Å². The zero-order valence-electron chi connectivity index (χ0n) is 19.3. The van der Waals surface area contributed by atoms with Crippen LogP contribution in [0.1, 0.15) is 28.7 Å². The molecule has 0 aliphatic carbocycles. The van der Waals surface area contributed by atoms with Crippen molar-refractivity contribution in [3.05, 3.63) is 75.2 Å². The summed E-state index contributed by atoms with van der Waals surface area (Å²) in [6, 6.07) is 10.8. The molecule has 4 aromatic rings. The molecule has 2 N–H and O–H groups in total. The molecular formula is C27H27N3O3. The second-order valence-electron chi connectivity index (χ2n) is 9.02. The molecule has 3 heterocycles. The first-order valence-corrected chi connectivity index (χ1v) is 11.1. The Labute approximate surface area is 191 Å². The van der Waals surface area contributed by atoms with Crippen LogP contribution in [0.25, 0.3) is 38.5 Å². The normalized spacial score (nSPS) is 14.2. The number of benzene rings is 2. The van der Waals surface area contributed by atoms with Crippen molar-refractivity contribution in [1.82, 2.24) is 14.5 Å². The van der Waals surface area contributed by atoms with Gasteiger partial charge >= 0.3 is 6.09 Å². The van der Waals surface area contributed by atoms with E-state index < -0.39 is 6.09 Å². The van der Waals surface area contributed by atoms with Gasteiger partial charge in [-0.1, -0.05) is 18.2 Å². The first-order valence-electron chi connectivity index (χ1n) is 11.1. The van der Waals surface area contributed by atoms with Crippen LogP contribution < -0.4 is 5.56 Å². The zero-order chi connectivity index (χ0) is 23.4. The highest BCUT2D eigenvalue weighted by Crippen LogP contribution is 2.35. The van der Waals surface area contributed by atoms with E-state index in [0.29, 0.717) is 19.5 Å². The number of fused-ring (bicyclic) bond motifs is 3. The largest absolute Gasteiger partial charge is 0.465 e. The molecule has 0 saturated carbocycles. The van der Waals surface area contributed by atoms with Crippen molar-refractivity contribution >= 4 is 33.5 Å². The summed E-state index contributed by atoms with van der Waals surface area (Å²) in [5.74, 6) is 0. The Balaban J connectivity index is 1.62. The summed E-state index contributed by atoms with van der Waals surface area (Å²) < 4.78 is 1.65. The number of hydrogen-bond acceptors (Lipinski definition) is 2. The predicted octanol–water partition coefficient (Wildman–Crippen LogP) is 5.38. The minimum Gasteiger partial charge on any atom is -0.465 e. The van der Waals surface area contributed by atoms with Gasteiger partial charge < -0.3 is 19.6 Å². The fraction of sp³-hybridized carbons (Fsp3) is 0.259. The highest BCUT2D eigenvalue weighted by molar-refractivity contribution is 6.10. The van der Waals surface area contributed by atoms with Gasteiger partial charge in [-0.15, -0.1) is 0 Å². The fourth-order valence-corrected chi connectivity index (χ4v) is 4.98. The molecule has 0 radical (unpaired) electrons. The number of amides is 1. The standard InChI is InChI=1S/C27H27N3O3/c1-15-11-20(22-14-29(4)26(31)17(3)16(22)2)13-24-25(15)21-12-19(5-6-23(21)28-24)18-7-9-30(10-8-18)27(32)33/h5-7,11-14,28H,8-10H2,1-4H3,(H,32,33). The summed E-state index contributed by atoms with van der Waals surface area (Å²) in [6.07, 6.45) is 3.78. The lowest BCUT2D eigenvalue weighted by molar-refractivity contribution is 0.150. The maximum absolute atomic E-state index is 12.3. The average Bonchev–Trinajstić information content (AvgIpc) is 3.18. The molecule has 0 spiro atoms. The van der Waals surface area contributed by atoms with Crippen LogP contribution >= 0.6 is 0 Å². The van der Waals surface area contributed by atoms with Crippen molar-refractivity contribution in [3.8, 4) is 11.1 Å². The van der Waals surface area contributed by atoms with Gasteiger partial charge in [-0.25, -0.2) is 4.79 Å². The molecule has 1 aliphatic heterocycles. The number of nitrogens with zero attached hydrogens (tertiary/aromatic N) is 2. The zero-order valence-corrected chi connectivity index (χ0v) is 19.3. The molecule has 6 heteroatoms. The highest BCUT2D eigenvalue weighted by Gasteiger charge is 2.18. The van der Waals surface area contributed by atoms with Crippen LogP contribution in [-0.2, 0) is 7.05 Å². The Morgan fingerprint density at radius 3 is 2.52 bits per heavy atom. The SMILES string of the molecule is Cc1c(-c2cc(C)c3c(c2)[nH]c2ccc(C4=CCN(C(=O)O)CC4)cc23)cn(C)c(=O)c1C. The van der Waals surface area contributed by atoms with E-state index in [1.54, 1.807) is 11.6 Å². The number of aromatic nitrogens is 2. The second-order valence-corrected chi connectivity index (χ2v) is 9.02. The molecule has 1 amide bonds. The van der Waals surface area contributed by atoms with Gasteiger partial charge in [0.2, 0.25) is 0 Å². The van der Waals surface area contributed by atoms with E-state index in [2.05, 4.69) is 42.2 Å². The Morgan fingerprint density at radius 1 is 1.03 bits per heavy atom. The van der Waals surface area contributed by atoms with Gasteiger partial charge in [0.05, 0.1) is 0 Å². The number of aromatic amines is 1. The molecular weight excluding hydrogens is 414 g/mol. The molecule has 168 valence electrons.